The minimum Gasteiger partial charge on any atom is -0.471 e. The number of alkyl carbamates (subject to hydrolysis) is 1. The molecule has 0 aliphatic rings. The van der Waals surface area contributed by atoms with E-state index in [1.165, 1.54) is 25.1 Å². The lowest BCUT2D eigenvalue weighted by atomic mass is 10.1. The lowest BCUT2D eigenvalue weighted by molar-refractivity contribution is 0.148. The smallest absolute Gasteiger partial charge is 0.407 e. The van der Waals surface area contributed by atoms with E-state index in [9.17, 15) is 10.1 Å². The number of amides is 1. The van der Waals surface area contributed by atoms with Crippen molar-refractivity contribution in [3.63, 3.8) is 0 Å². The maximum atomic E-state index is 12.4. The number of carbonyl (C=O) groups is 1. The highest BCUT2D eigenvalue weighted by molar-refractivity contribution is 7.39. The molecule has 0 spiro atoms. The molecule has 2 aromatic carbocycles. The summed E-state index contributed by atoms with van der Waals surface area (Å²) in [5, 5.41) is 13.7. The number of allylic oxidation sites excluding steroid dienone is 1. The third-order valence-electron chi connectivity index (χ3n) is 7.90. The topological polar surface area (TPSA) is 181 Å². The summed E-state index contributed by atoms with van der Waals surface area (Å²) >= 11 is 5.06. The zero-order valence-corrected chi connectivity index (χ0v) is 29.3. The number of nitrogens with two attached hydrogens (primary N) is 1. The summed E-state index contributed by atoms with van der Waals surface area (Å²) in [6, 6.07) is 21.6. The molecule has 0 fully saturated rings. The summed E-state index contributed by atoms with van der Waals surface area (Å²) < 4.78 is 21.9. The van der Waals surface area contributed by atoms with Gasteiger partial charge in [0, 0.05) is 27.9 Å². The van der Waals surface area contributed by atoms with Crippen molar-refractivity contribution >= 4 is 104 Å². The van der Waals surface area contributed by atoms with Gasteiger partial charge in [-0.25, -0.2) is 14.8 Å². The van der Waals surface area contributed by atoms with Gasteiger partial charge in [-0.15, -0.1) is 34.0 Å². The fraction of sp³-hybridized carbons (Fsp3) is 0.143. The Hall–Kier alpha value is -6.02. The van der Waals surface area contributed by atoms with Crippen LogP contribution in [-0.2, 0) is 17.9 Å². The second-order valence-corrected chi connectivity index (χ2v) is 14.6. The number of hydrogen-bond donors (Lipinski definition) is 3. The SMILES string of the molecule is CN(CCOC(=O)NCc1ccc(COc2nc(N)nc3[nH]cnc23)cc1)c1cc2sc3cc(/C=C(\C#N)c4nc5ccccc5o4)sc3c2s1. The van der Waals surface area contributed by atoms with E-state index in [2.05, 4.69) is 53.3 Å². The number of oxazole rings is 1. The summed E-state index contributed by atoms with van der Waals surface area (Å²) in [6.45, 7) is 1.37. The van der Waals surface area contributed by atoms with Crippen LogP contribution < -0.4 is 20.7 Å². The van der Waals surface area contributed by atoms with Crippen LogP contribution in [0.2, 0.25) is 0 Å². The van der Waals surface area contributed by atoms with Crippen molar-refractivity contribution in [2.45, 2.75) is 13.2 Å². The van der Waals surface area contributed by atoms with E-state index in [4.69, 9.17) is 19.6 Å². The Morgan fingerprint density at radius 2 is 1.86 bits per heavy atom. The van der Waals surface area contributed by atoms with Crippen molar-refractivity contribution in [2.75, 3.05) is 30.8 Å². The molecule has 0 atom stereocenters. The number of fused-ring (bicyclic) bond motifs is 5. The Morgan fingerprint density at radius 1 is 1.06 bits per heavy atom. The standard InChI is InChI=1S/C35H27N9O4S3/c1-44(10-11-46-35(45)38-16-19-6-8-20(9-7-19)17-47-33-28-31(40-18-39-28)42-34(37)43-33)27-14-26-30(51-27)29-25(50-26)13-22(49-29)12-21(15-36)32-41-23-4-2-3-5-24(23)48-32/h2-9,12-14,18H,10-11,16-17H2,1H3,(H,38,45)(H3,37,39,40,42,43)/b21-12+. The number of hydrogen-bond acceptors (Lipinski definition) is 14. The Kier molecular flexibility index (Phi) is 8.66. The summed E-state index contributed by atoms with van der Waals surface area (Å²) in [4.78, 5) is 35.2. The van der Waals surface area contributed by atoms with Gasteiger partial charge in [0.25, 0.3) is 0 Å². The van der Waals surface area contributed by atoms with Crippen LogP contribution in [0.15, 0.2) is 71.4 Å². The van der Waals surface area contributed by atoms with Crippen LogP contribution >= 0.6 is 34.0 Å². The highest BCUT2D eigenvalue weighted by atomic mass is 32.1. The normalized spacial score (nSPS) is 11.8. The van der Waals surface area contributed by atoms with E-state index < -0.39 is 6.09 Å². The van der Waals surface area contributed by atoms with Crippen molar-refractivity contribution in [1.82, 2.24) is 30.2 Å². The van der Waals surface area contributed by atoms with Crippen LogP contribution in [0.3, 0.4) is 0 Å². The molecule has 6 heterocycles. The Morgan fingerprint density at radius 3 is 2.71 bits per heavy atom. The van der Waals surface area contributed by atoms with Crippen molar-refractivity contribution < 1.29 is 18.7 Å². The number of ether oxygens (including phenoxy) is 2. The molecular formula is C35H27N9O4S3. The van der Waals surface area contributed by atoms with Crippen molar-refractivity contribution in [3.8, 4) is 11.9 Å². The number of benzene rings is 2. The predicted octanol–water partition coefficient (Wildman–Crippen LogP) is 7.57. The minimum atomic E-state index is -0.484. The molecule has 0 bridgehead atoms. The number of imidazole rings is 1. The third kappa shape index (κ3) is 6.77. The number of thiophene rings is 3. The van der Waals surface area contributed by atoms with Crippen LogP contribution in [0.25, 0.3) is 52.7 Å². The fourth-order valence-electron chi connectivity index (χ4n) is 5.31. The zero-order valence-electron chi connectivity index (χ0n) is 26.9. The van der Waals surface area contributed by atoms with Gasteiger partial charge >= 0.3 is 6.09 Å². The van der Waals surface area contributed by atoms with E-state index in [1.807, 2.05) is 61.7 Å². The van der Waals surface area contributed by atoms with Crippen molar-refractivity contribution in [3.05, 3.63) is 88.9 Å². The van der Waals surface area contributed by atoms with Gasteiger partial charge in [0.2, 0.25) is 17.7 Å². The fourth-order valence-corrected chi connectivity index (χ4v) is 9.27. The molecule has 8 rings (SSSR count). The van der Waals surface area contributed by atoms with Gasteiger partial charge < -0.3 is 34.8 Å². The lowest BCUT2D eigenvalue weighted by Crippen LogP contribution is -2.28. The monoisotopic (exact) mass is 733 g/mol. The number of likely N-dealkylation sites (N-methyl/N-ethyl adjacent to an activating group) is 1. The number of aromatic nitrogens is 5. The Balaban J connectivity index is 0.823. The van der Waals surface area contributed by atoms with E-state index in [0.29, 0.717) is 47.2 Å². The number of H-pyrrole nitrogens is 1. The van der Waals surface area contributed by atoms with Crippen LogP contribution in [0.5, 0.6) is 5.88 Å². The van der Waals surface area contributed by atoms with Gasteiger partial charge in [-0.3, -0.25) is 0 Å². The lowest BCUT2D eigenvalue weighted by Gasteiger charge is -2.16. The average molecular weight is 734 g/mol. The maximum Gasteiger partial charge on any atom is 0.407 e. The first kappa shape index (κ1) is 32.2. The quantitative estimate of drug-likeness (QED) is 0.112. The van der Waals surface area contributed by atoms with E-state index in [0.717, 1.165) is 26.5 Å². The van der Waals surface area contributed by atoms with Gasteiger partial charge in [-0.05, 0) is 41.5 Å². The van der Waals surface area contributed by atoms with Gasteiger partial charge in [0.1, 0.15) is 30.4 Å². The molecule has 0 radical (unpaired) electrons. The van der Waals surface area contributed by atoms with Crippen molar-refractivity contribution in [2.24, 2.45) is 0 Å². The number of para-hydroxylation sites is 2. The first-order valence-electron chi connectivity index (χ1n) is 15.6. The molecular weight excluding hydrogens is 707 g/mol. The largest absolute Gasteiger partial charge is 0.471 e. The van der Waals surface area contributed by atoms with Crippen molar-refractivity contribution in [1.29, 1.82) is 5.26 Å². The van der Waals surface area contributed by atoms with E-state index in [-0.39, 0.29) is 19.2 Å². The zero-order chi connectivity index (χ0) is 34.9. The molecule has 254 valence electrons. The molecule has 6 aromatic heterocycles. The number of nitriles is 1. The van der Waals surface area contributed by atoms with Crippen LogP contribution in [0.4, 0.5) is 15.7 Å². The molecule has 0 saturated carbocycles. The molecule has 1 amide bonds. The molecule has 4 N–H and O–H groups in total. The molecule has 8 aromatic rings. The van der Waals surface area contributed by atoms with Gasteiger partial charge in [0.05, 0.1) is 27.3 Å². The number of anilines is 2. The Labute approximate surface area is 301 Å². The average Bonchev–Trinajstić information content (AvgIpc) is 3.96. The maximum absolute atomic E-state index is 12.4. The van der Waals surface area contributed by atoms with Gasteiger partial charge in [-0.2, -0.15) is 15.2 Å². The second kappa shape index (κ2) is 13.7. The molecule has 13 nitrogen and oxygen atoms in total. The summed E-state index contributed by atoms with van der Waals surface area (Å²) in [6.07, 6.45) is 2.86. The molecule has 16 heteroatoms. The van der Waals surface area contributed by atoms with Gasteiger partial charge in [0.15, 0.2) is 16.7 Å². The second-order valence-electron chi connectivity index (χ2n) is 11.4. The Bertz CT molecular complexity index is 2580. The molecule has 0 aliphatic carbocycles. The first-order valence-corrected chi connectivity index (χ1v) is 18.1. The molecule has 51 heavy (non-hydrogen) atoms. The molecule has 0 aliphatic heterocycles. The third-order valence-corrected chi connectivity index (χ3v) is 11.7. The van der Waals surface area contributed by atoms with Crippen LogP contribution in [-0.4, -0.2) is 51.2 Å². The van der Waals surface area contributed by atoms with Crippen LogP contribution in [0.1, 0.15) is 21.9 Å². The number of rotatable bonds is 11. The number of nitrogens with zero attached hydrogens (tertiary/aromatic N) is 6. The highest BCUT2D eigenvalue weighted by Gasteiger charge is 2.17. The number of carbonyl (C=O) groups excluding carboxylic acids is 1. The summed E-state index contributed by atoms with van der Waals surface area (Å²) in [5.74, 6) is 0.725. The predicted molar refractivity (Wildman–Crippen MR) is 201 cm³/mol. The summed E-state index contributed by atoms with van der Waals surface area (Å²) in [7, 11) is 1.98. The number of nitrogen functional groups attached to an aromatic ring is 1. The summed E-state index contributed by atoms with van der Waals surface area (Å²) in [5.41, 5.74) is 10.4. The first-order chi connectivity index (χ1) is 24.9. The number of nitrogens with one attached hydrogen (secondary N) is 2. The van der Waals surface area contributed by atoms with E-state index >= 15 is 0 Å². The highest BCUT2D eigenvalue weighted by Crippen LogP contribution is 2.46. The molecule has 0 saturated heterocycles. The number of aromatic amines is 1. The minimum absolute atomic E-state index is 0.0998. The van der Waals surface area contributed by atoms with Crippen LogP contribution in [0, 0.1) is 11.3 Å². The molecule has 0 unspecified atom stereocenters. The van der Waals surface area contributed by atoms with E-state index in [1.54, 1.807) is 34.0 Å². The van der Waals surface area contributed by atoms with Gasteiger partial charge in [-0.1, -0.05) is 36.4 Å².